The monoisotopic (exact) mass is 861 g/mol. The van der Waals surface area contributed by atoms with Crippen LogP contribution >= 0.6 is 23.2 Å². The number of morpholine rings is 1. The van der Waals surface area contributed by atoms with E-state index in [1.54, 1.807) is 42.5 Å². The van der Waals surface area contributed by atoms with E-state index in [1.165, 1.54) is 24.1 Å². The van der Waals surface area contributed by atoms with E-state index < -0.39 is 69.5 Å². The number of alkyl halides is 3. The Bertz CT molecular complexity index is 2460. The molecule has 0 radical (unpaired) electrons. The van der Waals surface area contributed by atoms with E-state index in [0.717, 1.165) is 10.7 Å². The molecule has 1 aromatic heterocycles. The number of pyridine rings is 1. The molecule has 12 nitrogen and oxygen atoms in total. The number of nitrogens with one attached hydrogen (secondary N) is 1. The molecule has 3 saturated heterocycles. The lowest BCUT2D eigenvalue weighted by Gasteiger charge is -2.50. The van der Waals surface area contributed by atoms with Gasteiger partial charge < -0.3 is 19.5 Å². The molecule has 2 N–H and O–H groups in total. The number of rotatable bonds is 7. The molecular weight excluding hydrogens is 826 g/mol. The molecule has 4 heterocycles. The fourth-order valence-corrected chi connectivity index (χ4v) is 10.3. The third kappa shape index (κ3) is 6.19. The maximum atomic E-state index is 15.4. The van der Waals surface area contributed by atoms with Gasteiger partial charge in [0.15, 0.2) is 5.82 Å². The number of phenols is 1. The summed E-state index contributed by atoms with van der Waals surface area (Å²) in [4.78, 5) is 66.7. The molecule has 6 atom stereocenters. The molecule has 60 heavy (non-hydrogen) atoms. The molecule has 6 unspecified atom stereocenters. The van der Waals surface area contributed by atoms with Crippen molar-refractivity contribution in [3.63, 3.8) is 0 Å². The minimum absolute atomic E-state index is 0.0632. The summed E-state index contributed by atoms with van der Waals surface area (Å²) in [5.74, 6) is -7.38. The van der Waals surface area contributed by atoms with Crippen LogP contribution in [-0.2, 0) is 35.5 Å². The predicted octanol–water partition coefficient (Wildman–Crippen LogP) is 7.15. The second kappa shape index (κ2) is 14.8. The van der Waals surface area contributed by atoms with Crippen molar-refractivity contribution in [1.29, 1.82) is 0 Å². The lowest BCUT2D eigenvalue weighted by atomic mass is 9.49. The van der Waals surface area contributed by atoms with Gasteiger partial charge in [-0.15, -0.1) is 0 Å². The summed E-state index contributed by atoms with van der Waals surface area (Å²) in [6, 6.07) is 18.7. The Morgan fingerprint density at radius 1 is 0.900 bits per heavy atom. The van der Waals surface area contributed by atoms with E-state index in [2.05, 4.69) is 15.3 Å². The van der Waals surface area contributed by atoms with Crippen LogP contribution in [0.25, 0.3) is 0 Å². The molecule has 4 aromatic rings. The fraction of sp³-hybridized carbons (Fsp3) is 0.326. The van der Waals surface area contributed by atoms with Crippen LogP contribution in [0.4, 0.5) is 30.4 Å². The molecule has 5 aliphatic rings. The first kappa shape index (κ1) is 39.8. The largest absolute Gasteiger partial charge is 0.508 e. The fourth-order valence-electron chi connectivity index (χ4n) is 9.95. The van der Waals surface area contributed by atoms with Crippen molar-refractivity contribution in [3.8, 4) is 11.5 Å². The average Bonchev–Trinajstić information content (AvgIpc) is 3.62. The summed E-state index contributed by atoms with van der Waals surface area (Å²) in [5.41, 5.74) is 2.44. The van der Waals surface area contributed by atoms with Gasteiger partial charge in [-0.25, -0.2) is 4.98 Å². The zero-order valence-electron chi connectivity index (χ0n) is 31.8. The second-order valence-electron chi connectivity index (χ2n) is 15.5. The van der Waals surface area contributed by atoms with E-state index in [4.69, 9.17) is 32.7 Å². The molecule has 3 aromatic carbocycles. The SMILES string of the molecule is COc1cc(O)ccc1C1C2=CCC3C(=O)N(c4ccc(N5CCOCC5)cc4)C(=O)C3C2CC2C(=O)N(Nc3ncc(C(F)(F)F)cc3Cl)C(=O)C21c1ccc(Cl)cc1. The molecule has 9 rings (SSSR count). The molecular formula is C43H36Cl2F3N5O7. The third-order valence-electron chi connectivity index (χ3n) is 12.6. The Labute approximate surface area is 351 Å². The smallest absolute Gasteiger partial charge is 0.417 e. The predicted molar refractivity (Wildman–Crippen MR) is 213 cm³/mol. The topological polar surface area (TPSA) is 142 Å². The second-order valence-corrected chi connectivity index (χ2v) is 16.3. The van der Waals surface area contributed by atoms with Gasteiger partial charge in [0.05, 0.1) is 59.8 Å². The number of hydrazine groups is 1. The van der Waals surface area contributed by atoms with Gasteiger partial charge in [-0.2, -0.15) is 18.2 Å². The quantitative estimate of drug-likeness (QED) is 0.146. The third-order valence-corrected chi connectivity index (χ3v) is 13.1. The lowest BCUT2D eigenvalue weighted by molar-refractivity contribution is -0.139. The number of aromatic hydroxyl groups is 1. The molecule has 17 heteroatoms. The van der Waals surface area contributed by atoms with E-state index in [9.17, 15) is 32.7 Å². The van der Waals surface area contributed by atoms with E-state index in [0.29, 0.717) is 66.0 Å². The summed E-state index contributed by atoms with van der Waals surface area (Å²) in [5, 5.41) is 11.1. The van der Waals surface area contributed by atoms with Gasteiger partial charge in [-0.1, -0.05) is 53.1 Å². The van der Waals surface area contributed by atoms with Crippen molar-refractivity contribution in [3.05, 3.63) is 117 Å². The van der Waals surface area contributed by atoms with Crippen molar-refractivity contribution in [2.75, 3.05) is 48.6 Å². The van der Waals surface area contributed by atoms with Crippen LogP contribution < -0.4 is 20.0 Å². The highest BCUT2D eigenvalue weighted by molar-refractivity contribution is 6.33. The Balaban J connectivity index is 1.17. The number of carbonyl (C=O) groups is 4. The lowest BCUT2D eigenvalue weighted by Crippen LogP contribution is -2.53. The standard InChI is InChI=1S/C43H36Cl2F3N5O7/c1-59-34-19-27(54)10-11-29(34)36-28-12-13-30-35(40(57)52(38(30)55)26-8-6-25(7-9-26)51-14-16-60-17-15-51)31(28)20-32-39(56)53(41(58)42(32,36)22-2-4-24(44)5-3-22)50-37-33(45)18-23(21-49-37)43(46,47)48/h2-12,18-19,21,30-32,35-36,54H,13-17,20H2,1H3,(H,49,50). The number of hydrogen-bond acceptors (Lipinski definition) is 10. The van der Waals surface area contributed by atoms with Crippen LogP contribution in [0.2, 0.25) is 10.0 Å². The Morgan fingerprint density at radius 2 is 1.60 bits per heavy atom. The van der Waals surface area contributed by atoms with Crippen LogP contribution in [0, 0.1) is 23.7 Å². The van der Waals surface area contributed by atoms with Crippen LogP contribution in [0.15, 0.2) is 90.6 Å². The van der Waals surface area contributed by atoms with Crippen molar-refractivity contribution < 1.29 is 46.9 Å². The van der Waals surface area contributed by atoms with Crippen LogP contribution in [0.5, 0.6) is 11.5 Å². The first-order valence-corrected chi connectivity index (χ1v) is 20.0. The number of hydrogen-bond donors (Lipinski definition) is 2. The highest BCUT2D eigenvalue weighted by Crippen LogP contribution is 2.65. The molecule has 0 bridgehead atoms. The zero-order chi connectivity index (χ0) is 42.2. The number of nitrogens with zero attached hydrogens (tertiary/aromatic N) is 4. The number of ether oxygens (including phenoxy) is 2. The average molecular weight is 863 g/mol. The van der Waals surface area contributed by atoms with E-state index >= 15 is 4.79 Å². The van der Waals surface area contributed by atoms with Crippen LogP contribution in [0.1, 0.15) is 35.4 Å². The number of aromatic nitrogens is 1. The summed E-state index contributed by atoms with van der Waals surface area (Å²) in [7, 11) is 1.39. The van der Waals surface area contributed by atoms with Gasteiger partial charge in [0.25, 0.3) is 11.8 Å². The first-order valence-electron chi connectivity index (χ1n) is 19.2. The molecule has 4 fully saturated rings. The number of fused-ring (bicyclic) bond motifs is 4. The maximum Gasteiger partial charge on any atom is 0.417 e. The van der Waals surface area contributed by atoms with Crippen LogP contribution in [-0.4, -0.2) is 72.1 Å². The minimum atomic E-state index is -4.76. The van der Waals surface area contributed by atoms with Gasteiger partial charge in [0.2, 0.25) is 11.8 Å². The minimum Gasteiger partial charge on any atom is -0.508 e. The summed E-state index contributed by atoms with van der Waals surface area (Å²) < 4.78 is 51.9. The molecule has 2 aliphatic carbocycles. The highest BCUT2D eigenvalue weighted by Gasteiger charge is 2.71. The number of carbonyl (C=O) groups excluding carboxylic acids is 4. The molecule has 3 aliphatic heterocycles. The highest BCUT2D eigenvalue weighted by atomic mass is 35.5. The van der Waals surface area contributed by atoms with Crippen molar-refractivity contribution in [2.24, 2.45) is 23.7 Å². The number of methoxy groups -OCH3 is 1. The molecule has 0 spiro atoms. The number of anilines is 3. The summed E-state index contributed by atoms with van der Waals surface area (Å²) in [6.07, 6.45) is -2.27. The molecule has 1 saturated carbocycles. The Morgan fingerprint density at radius 3 is 2.27 bits per heavy atom. The molecule has 4 amide bonds. The number of phenolic OH excluding ortho intramolecular Hbond substituents is 1. The number of allylic oxidation sites excluding steroid dienone is 2. The van der Waals surface area contributed by atoms with E-state index in [1.807, 2.05) is 18.2 Å². The normalized spacial score (nSPS) is 26.5. The molecule has 310 valence electrons. The Kier molecular flexibility index (Phi) is 9.83. The van der Waals surface area contributed by atoms with Crippen LogP contribution in [0.3, 0.4) is 0 Å². The number of imide groups is 2. The first-order chi connectivity index (χ1) is 28.7. The number of benzene rings is 3. The van der Waals surface area contributed by atoms with Crippen molar-refractivity contribution >= 4 is 64.0 Å². The van der Waals surface area contributed by atoms with Crippen molar-refractivity contribution in [2.45, 2.75) is 30.4 Å². The van der Waals surface area contributed by atoms with Gasteiger partial charge in [0, 0.05) is 47.5 Å². The summed E-state index contributed by atoms with van der Waals surface area (Å²) in [6.45, 7) is 2.58. The van der Waals surface area contributed by atoms with Gasteiger partial charge in [-0.3, -0.25) is 29.5 Å². The Hall–Kier alpha value is -5.64. The van der Waals surface area contributed by atoms with Crippen molar-refractivity contribution in [1.82, 2.24) is 9.99 Å². The van der Waals surface area contributed by atoms with Gasteiger partial charge in [0.1, 0.15) is 11.5 Å². The van der Waals surface area contributed by atoms with Gasteiger partial charge >= 0.3 is 6.18 Å². The zero-order valence-corrected chi connectivity index (χ0v) is 33.3. The number of halogens is 5. The number of amides is 4. The van der Waals surface area contributed by atoms with E-state index in [-0.39, 0.29) is 36.1 Å². The van der Waals surface area contributed by atoms with Gasteiger partial charge in [-0.05, 0) is 72.9 Å². The maximum absolute atomic E-state index is 15.4. The summed E-state index contributed by atoms with van der Waals surface area (Å²) >= 11 is 12.7.